The molecule has 1 atom stereocenters. The molecule has 1 N–H and O–H groups in total. The van der Waals surface area contributed by atoms with Crippen molar-refractivity contribution >= 4 is 11.6 Å². The summed E-state index contributed by atoms with van der Waals surface area (Å²) in [6, 6.07) is 13.0. The van der Waals surface area contributed by atoms with Gasteiger partial charge in [0, 0.05) is 16.7 Å². The largest absolute Gasteiger partial charge is 0.497 e. The van der Waals surface area contributed by atoms with Crippen molar-refractivity contribution in [2.75, 3.05) is 7.11 Å². The number of hydrogen-bond donors (Lipinski definition) is 1. The van der Waals surface area contributed by atoms with Gasteiger partial charge in [-0.15, -0.1) is 0 Å². The third-order valence-electron chi connectivity index (χ3n) is 3.58. The summed E-state index contributed by atoms with van der Waals surface area (Å²) in [7, 11) is 1.49. The lowest BCUT2D eigenvalue weighted by molar-refractivity contribution is 0.101. The van der Waals surface area contributed by atoms with Crippen molar-refractivity contribution in [2.24, 2.45) is 0 Å². The molecule has 2 aromatic carbocycles. The smallest absolute Gasteiger partial charge is 0.195 e. The molecular weight excluding hydrogens is 271 g/mol. The first-order valence-electron chi connectivity index (χ1n) is 6.49. The Morgan fingerprint density at radius 1 is 1.19 bits per heavy atom. The van der Waals surface area contributed by atoms with E-state index in [1.807, 2.05) is 0 Å². The third-order valence-corrected chi connectivity index (χ3v) is 3.58. The van der Waals surface area contributed by atoms with Crippen LogP contribution in [0.1, 0.15) is 27.6 Å². The second kappa shape index (κ2) is 5.14. The minimum atomic E-state index is -1.28. The number of methoxy groups -OCH3 is 1. The number of Topliss-reactive ketones (excluding diaryl/α,β-unsaturated/α-hetero) is 1. The van der Waals surface area contributed by atoms with Crippen molar-refractivity contribution < 1.29 is 19.0 Å². The molecule has 3 rings (SSSR count). The molecule has 1 aliphatic carbocycles. The molecule has 2 aromatic rings. The molecule has 0 amide bonds. The van der Waals surface area contributed by atoms with Crippen LogP contribution in [-0.4, -0.2) is 18.0 Å². The average Bonchev–Trinajstić information content (AvgIpc) is 2.78. The molecule has 21 heavy (non-hydrogen) atoms. The molecule has 106 valence electrons. The molecule has 0 bridgehead atoms. The number of carbonyl (C=O) groups is 1. The highest BCUT2D eigenvalue weighted by Crippen LogP contribution is 2.41. The summed E-state index contributed by atoms with van der Waals surface area (Å²) in [5.74, 6) is -0.660. The van der Waals surface area contributed by atoms with Gasteiger partial charge in [-0.2, -0.15) is 0 Å². The number of rotatable bonds is 2. The van der Waals surface area contributed by atoms with Crippen molar-refractivity contribution in [3.05, 3.63) is 70.8 Å². The first kappa shape index (κ1) is 13.5. The van der Waals surface area contributed by atoms with Gasteiger partial charge in [-0.05, 0) is 18.2 Å². The number of hydrogen-bond acceptors (Lipinski definition) is 3. The summed E-state index contributed by atoms with van der Waals surface area (Å²) >= 11 is 0. The number of carbonyl (C=O) groups excluding carboxylic acids is 1. The van der Waals surface area contributed by atoms with Crippen LogP contribution in [0.5, 0.6) is 5.75 Å². The van der Waals surface area contributed by atoms with E-state index < -0.39 is 17.7 Å². The SMILES string of the molecule is COc1ccc2c(c1)C(O)/C(=C(\F)c1ccccc1)C2=O. The average molecular weight is 284 g/mol. The van der Waals surface area contributed by atoms with Crippen molar-refractivity contribution in [1.29, 1.82) is 0 Å². The van der Waals surface area contributed by atoms with Crippen LogP contribution >= 0.6 is 0 Å². The lowest BCUT2D eigenvalue weighted by Gasteiger charge is -2.08. The predicted molar refractivity (Wildman–Crippen MR) is 76.8 cm³/mol. The molecule has 0 radical (unpaired) electrons. The summed E-state index contributed by atoms with van der Waals surface area (Å²) < 4.78 is 19.6. The van der Waals surface area contributed by atoms with Crippen LogP contribution in [0.25, 0.3) is 5.83 Å². The molecule has 0 aromatic heterocycles. The molecule has 0 heterocycles. The number of halogens is 1. The van der Waals surface area contributed by atoms with Gasteiger partial charge in [0.05, 0.1) is 12.7 Å². The van der Waals surface area contributed by atoms with Crippen molar-refractivity contribution in [3.63, 3.8) is 0 Å². The number of fused-ring (bicyclic) bond motifs is 1. The maximum absolute atomic E-state index is 14.6. The quantitative estimate of drug-likeness (QED) is 0.861. The van der Waals surface area contributed by atoms with Crippen molar-refractivity contribution in [3.8, 4) is 5.75 Å². The number of ketones is 1. The summed E-state index contributed by atoms with van der Waals surface area (Å²) in [6.07, 6.45) is -1.28. The molecule has 4 heteroatoms. The van der Waals surface area contributed by atoms with E-state index in [0.717, 1.165) is 0 Å². The first-order valence-corrected chi connectivity index (χ1v) is 6.49. The maximum Gasteiger partial charge on any atom is 0.195 e. The Morgan fingerprint density at radius 3 is 2.57 bits per heavy atom. The lowest BCUT2D eigenvalue weighted by atomic mass is 10.0. The predicted octanol–water partition coefficient (Wildman–Crippen LogP) is 3.31. The zero-order valence-corrected chi connectivity index (χ0v) is 11.3. The van der Waals surface area contributed by atoms with E-state index in [1.54, 1.807) is 48.5 Å². The van der Waals surface area contributed by atoms with Crippen molar-refractivity contribution in [1.82, 2.24) is 0 Å². The number of ether oxygens (including phenoxy) is 1. The van der Waals surface area contributed by atoms with Gasteiger partial charge in [-0.25, -0.2) is 4.39 Å². The third kappa shape index (κ3) is 2.14. The van der Waals surface area contributed by atoms with E-state index >= 15 is 0 Å². The summed E-state index contributed by atoms with van der Waals surface area (Å²) in [4.78, 5) is 12.3. The van der Waals surface area contributed by atoms with E-state index in [0.29, 0.717) is 16.9 Å². The van der Waals surface area contributed by atoms with E-state index in [4.69, 9.17) is 4.74 Å². The molecule has 0 saturated carbocycles. The summed E-state index contributed by atoms with van der Waals surface area (Å²) in [5, 5.41) is 10.3. The molecule has 0 aliphatic heterocycles. The molecule has 0 fully saturated rings. The van der Waals surface area contributed by atoms with Crippen LogP contribution in [-0.2, 0) is 0 Å². The Balaban J connectivity index is 2.13. The van der Waals surface area contributed by atoms with E-state index in [9.17, 15) is 14.3 Å². The van der Waals surface area contributed by atoms with Crippen molar-refractivity contribution in [2.45, 2.75) is 6.10 Å². The van der Waals surface area contributed by atoms with Crippen LogP contribution < -0.4 is 4.74 Å². The van der Waals surface area contributed by atoms with Gasteiger partial charge in [0.1, 0.15) is 17.7 Å². The minimum Gasteiger partial charge on any atom is -0.497 e. The summed E-state index contributed by atoms with van der Waals surface area (Å²) in [6.45, 7) is 0. The van der Waals surface area contributed by atoms with E-state index in [1.165, 1.54) is 7.11 Å². The second-order valence-corrected chi connectivity index (χ2v) is 4.78. The van der Waals surface area contributed by atoms with Gasteiger partial charge < -0.3 is 9.84 Å². The second-order valence-electron chi connectivity index (χ2n) is 4.78. The Kier molecular flexibility index (Phi) is 3.31. The molecule has 0 spiro atoms. The normalized spacial score (nSPS) is 19.4. The fourth-order valence-corrected chi connectivity index (χ4v) is 2.49. The highest BCUT2D eigenvalue weighted by molar-refractivity contribution is 6.17. The zero-order valence-electron chi connectivity index (χ0n) is 11.3. The Morgan fingerprint density at radius 2 is 1.90 bits per heavy atom. The van der Waals surface area contributed by atoms with E-state index in [2.05, 4.69) is 0 Å². The first-order chi connectivity index (χ1) is 10.1. The molecule has 1 aliphatic rings. The van der Waals surface area contributed by atoms with Crippen LogP contribution in [0.4, 0.5) is 4.39 Å². The van der Waals surface area contributed by atoms with Gasteiger partial charge in [0.15, 0.2) is 5.78 Å². The zero-order chi connectivity index (χ0) is 15.0. The maximum atomic E-state index is 14.6. The standard InChI is InChI=1S/C17H13FO3/c1-21-11-7-8-12-13(9-11)17(20)14(16(12)19)15(18)10-5-3-2-4-6-10/h2-9,17,20H,1H3/b15-14-. The Labute approximate surface area is 121 Å². The van der Waals surface area contributed by atoms with Crippen LogP contribution in [0, 0.1) is 0 Å². The van der Waals surface area contributed by atoms with Crippen LogP contribution in [0.2, 0.25) is 0 Å². The highest BCUT2D eigenvalue weighted by atomic mass is 19.1. The number of aliphatic hydroxyl groups excluding tert-OH is 1. The molecule has 0 saturated heterocycles. The Hall–Kier alpha value is -2.46. The topological polar surface area (TPSA) is 46.5 Å². The molecular formula is C17H13FO3. The summed E-state index contributed by atoms with van der Waals surface area (Å²) in [5.41, 5.74) is 0.744. The molecule has 3 nitrogen and oxygen atoms in total. The fourth-order valence-electron chi connectivity index (χ4n) is 2.49. The van der Waals surface area contributed by atoms with Crippen LogP contribution in [0.15, 0.2) is 54.1 Å². The van der Waals surface area contributed by atoms with E-state index in [-0.39, 0.29) is 11.1 Å². The number of aliphatic hydroxyl groups is 1. The monoisotopic (exact) mass is 284 g/mol. The van der Waals surface area contributed by atoms with Gasteiger partial charge in [0.2, 0.25) is 0 Å². The highest BCUT2D eigenvalue weighted by Gasteiger charge is 2.36. The molecule has 1 unspecified atom stereocenters. The fraction of sp³-hybridized carbons (Fsp3) is 0.118. The number of benzene rings is 2. The van der Waals surface area contributed by atoms with Gasteiger partial charge >= 0.3 is 0 Å². The lowest BCUT2D eigenvalue weighted by Crippen LogP contribution is -2.02. The minimum absolute atomic E-state index is 0.218. The van der Waals surface area contributed by atoms with Gasteiger partial charge in [-0.1, -0.05) is 30.3 Å². The van der Waals surface area contributed by atoms with Gasteiger partial charge in [0.25, 0.3) is 0 Å². The Bertz CT molecular complexity index is 735. The van der Waals surface area contributed by atoms with Gasteiger partial charge in [-0.3, -0.25) is 4.79 Å². The van der Waals surface area contributed by atoms with Crippen LogP contribution in [0.3, 0.4) is 0 Å².